The number of aliphatic hydroxyl groups is 1. The molecule has 4 N–H and O–H groups in total. The number of anilines is 2. The smallest absolute Gasteiger partial charge is 0.0604 e. The third kappa shape index (κ3) is 2.82. The Morgan fingerprint density at radius 2 is 2.31 bits per heavy atom. The first-order valence-electron chi connectivity index (χ1n) is 4.06. The molecule has 0 heterocycles. The molecule has 1 rings (SSSR count). The first-order valence-corrected chi connectivity index (χ1v) is 5.28. The van der Waals surface area contributed by atoms with Crippen molar-refractivity contribution >= 4 is 23.1 Å². The van der Waals surface area contributed by atoms with Crippen LogP contribution in [0, 0.1) is 0 Å². The van der Waals surface area contributed by atoms with Gasteiger partial charge in [-0.05, 0) is 24.5 Å². The summed E-state index contributed by atoms with van der Waals surface area (Å²) in [5, 5.41) is 11.8. The summed E-state index contributed by atoms with van der Waals surface area (Å²) >= 11 is 1.65. The van der Waals surface area contributed by atoms with Gasteiger partial charge in [-0.25, -0.2) is 0 Å². The summed E-state index contributed by atoms with van der Waals surface area (Å²) in [7, 11) is 0. The number of nitrogens with one attached hydrogen (secondary N) is 1. The maximum absolute atomic E-state index is 8.66. The number of benzene rings is 1. The van der Waals surface area contributed by atoms with Crippen LogP contribution < -0.4 is 11.1 Å². The van der Waals surface area contributed by atoms with E-state index >= 15 is 0 Å². The van der Waals surface area contributed by atoms with Crippen LogP contribution in [0.2, 0.25) is 0 Å². The number of nitrogen functional groups attached to an aromatic ring is 1. The fourth-order valence-corrected chi connectivity index (χ4v) is 1.61. The minimum Gasteiger partial charge on any atom is -0.399 e. The van der Waals surface area contributed by atoms with Crippen molar-refractivity contribution in [3.8, 4) is 0 Å². The van der Waals surface area contributed by atoms with Crippen molar-refractivity contribution in [2.24, 2.45) is 0 Å². The van der Waals surface area contributed by atoms with Gasteiger partial charge in [0.15, 0.2) is 0 Å². The van der Waals surface area contributed by atoms with Gasteiger partial charge in [0.25, 0.3) is 0 Å². The van der Waals surface area contributed by atoms with Crippen LogP contribution in [0.25, 0.3) is 0 Å². The van der Waals surface area contributed by atoms with Crippen LogP contribution >= 0.6 is 11.8 Å². The lowest BCUT2D eigenvalue weighted by molar-refractivity contribution is 0.311. The molecule has 0 aromatic heterocycles. The van der Waals surface area contributed by atoms with Crippen LogP contribution in [0.15, 0.2) is 23.1 Å². The van der Waals surface area contributed by atoms with Gasteiger partial charge in [-0.15, -0.1) is 11.8 Å². The molecule has 3 nitrogen and oxygen atoms in total. The zero-order valence-corrected chi connectivity index (χ0v) is 8.40. The first kappa shape index (κ1) is 10.2. The van der Waals surface area contributed by atoms with E-state index in [0.29, 0.717) is 6.54 Å². The molecule has 13 heavy (non-hydrogen) atoms. The molecule has 0 fully saturated rings. The Labute approximate surface area is 82.3 Å². The quantitative estimate of drug-likeness (QED) is 0.505. The average Bonchev–Trinajstić information content (AvgIpc) is 2.15. The Morgan fingerprint density at radius 3 is 2.92 bits per heavy atom. The van der Waals surface area contributed by atoms with Crippen molar-refractivity contribution in [2.45, 2.75) is 4.90 Å². The van der Waals surface area contributed by atoms with Crippen molar-refractivity contribution in [1.82, 2.24) is 0 Å². The van der Waals surface area contributed by atoms with E-state index in [-0.39, 0.29) is 6.61 Å². The van der Waals surface area contributed by atoms with Gasteiger partial charge in [0.1, 0.15) is 0 Å². The van der Waals surface area contributed by atoms with Crippen molar-refractivity contribution in [1.29, 1.82) is 0 Å². The van der Waals surface area contributed by atoms with Crippen LogP contribution in [-0.2, 0) is 0 Å². The lowest BCUT2D eigenvalue weighted by Crippen LogP contribution is -2.06. The highest BCUT2D eigenvalue weighted by atomic mass is 32.2. The Morgan fingerprint density at radius 1 is 1.54 bits per heavy atom. The van der Waals surface area contributed by atoms with E-state index in [1.807, 2.05) is 24.5 Å². The van der Waals surface area contributed by atoms with E-state index < -0.39 is 0 Å². The minimum atomic E-state index is 0.128. The van der Waals surface area contributed by atoms with Crippen LogP contribution in [0.3, 0.4) is 0 Å². The fraction of sp³-hybridized carbons (Fsp3) is 0.333. The van der Waals surface area contributed by atoms with Gasteiger partial charge in [0.05, 0.1) is 6.61 Å². The van der Waals surface area contributed by atoms with Crippen molar-refractivity contribution < 1.29 is 5.11 Å². The molecule has 1 aromatic rings. The van der Waals surface area contributed by atoms with E-state index in [1.165, 1.54) is 0 Å². The molecular formula is C9H14N2OS. The van der Waals surface area contributed by atoms with Crippen LogP contribution in [0.1, 0.15) is 0 Å². The van der Waals surface area contributed by atoms with Gasteiger partial charge in [-0.2, -0.15) is 0 Å². The van der Waals surface area contributed by atoms with Crippen molar-refractivity contribution in [3.63, 3.8) is 0 Å². The molecule has 0 aliphatic heterocycles. The second-order valence-electron chi connectivity index (χ2n) is 2.61. The van der Waals surface area contributed by atoms with E-state index in [9.17, 15) is 0 Å². The van der Waals surface area contributed by atoms with Crippen LogP contribution in [-0.4, -0.2) is 24.5 Å². The van der Waals surface area contributed by atoms with Crippen LogP contribution in [0.4, 0.5) is 11.4 Å². The predicted molar refractivity (Wildman–Crippen MR) is 58.2 cm³/mol. The number of thioether (sulfide) groups is 1. The molecule has 0 atom stereocenters. The van der Waals surface area contributed by atoms with E-state index in [2.05, 4.69) is 5.32 Å². The van der Waals surface area contributed by atoms with Gasteiger partial charge in [-0.1, -0.05) is 0 Å². The predicted octanol–water partition coefficient (Wildman–Crippen LogP) is 1.39. The standard InChI is InChI=1S/C9H14N2OS/c1-13-9-3-2-7(10)6-8(9)11-4-5-12/h2-3,6,11-12H,4-5,10H2,1H3. The summed E-state index contributed by atoms with van der Waals surface area (Å²) in [6, 6.07) is 5.72. The van der Waals surface area contributed by atoms with E-state index in [0.717, 1.165) is 16.3 Å². The summed E-state index contributed by atoms with van der Waals surface area (Å²) < 4.78 is 0. The summed E-state index contributed by atoms with van der Waals surface area (Å²) in [4.78, 5) is 1.14. The molecule has 0 aliphatic carbocycles. The van der Waals surface area contributed by atoms with E-state index in [1.54, 1.807) is 11.8 Å². The molecule has 0 unspecified atom stereocenters. The van der Waals surface area contributed by atoms with Gasteiger partial charge in [0.2, 0.25) is 0 Å². The molecule has 1 aromatic carbocycles. The second-order valence-corrected chi connectivity index (χ2v) is 3.46. The molecule has 0 saturated carbocycles. The molecule has 0 aliphatic rings. The Kier molecular flexibility index (Phi) is 3.92. The third-order valence-corrected chi connectivity index (χ3v) is 2.45. The second kappa shape index (κ2) is 4.99. The third-order valence-electron chi connectivity index (χ3n) is 1.65. The topological polar surface area (TPSA) is 58.3 Å². The van der Waals surface area contributed by atoms with Crippen molar-refractivity contribution in [2.75, 3.05) is 30.5 Å². The number of hydrogen-bond acceptors (Lipinski definition) is 4. The monoisotopic (exact) mass is 198 g/mol. The van der Waals surface area contributed by atoms with Gasteiger partial charge in [0, 0.05) is 22.8 Å². The summed E-state index contributed by atoms with van der Waals surface area (Å²) in [6.45, 7) is 0.680. The zero-order chi connectivity index (χ0) is 9.68. The largest absolute Gasteiger partial charge is 0.399 e. The molecule has 0 amide bonds. The first-order chi connectivity index (χ1) is 6.27. The van der Waals surface area contributed by atoms with Gasteiger partial charge < -0.3 is 16.2 Å². The number of aliphatic hydroxyl groups excluding tert-OH is 1. The Balaban J connectivity index is 2.81. The van der Waals surface area contributed by atoms with Crippen molar-refractivity contribution in [3.05, 3.63) is 18.2 Å². The Bertz CT molecular complexity index is 278. The summed E-state index contributed by atoms with van der Waals surface area (Å²) in [5.74, 6) is 0. The normalized spacial score (nSPS) is 10.0. The average molecular weight is 198 g/mol. The van der Waals surface area contributed by atoms with Crippen LogP contribution in [0.5, 0.6) is 0 Å². The molecule has 0 saturated heterocycles. The molecule has 4 heteroatoms. The molecule has 0 spiro atoms. The molecule has 72 valence electrons. The number of rotatable bonds is 4. The highest BCUT2D eigenvalue weighted by molar-refractivity contribution is 7.98. The highest BCUT2D eigenvalue weighted by Crippen LogP contribution is 2.26. The summed E-state index contributed by atoms with van der Waals surface area (Å²) in [5.41, 5.74) is 7.36. The molecule has 0 bridgehead atoms. The van der Waals surface area contributed by atoms with E-state index in [4.69, 9.17) is 10.8 Å². The lowest BCUT2D eigenvalue weighted by atomic mass is 10.3. The fourth-order valence-electron chi connectivity index (χ4n) is 1.05. The maximum Gasteiger partial charge on any atom is 0.0604 e. The number of nitrogens with two attached hydrogens (primary N) is 1. The summed E-state index contributed by atoms with van der Waals surface area (Å²) in [6.07, 6.45) is 2.01. The number of hydrogen-bond donors (Lipinski definition) is 3. The highest BCUT2D eigenvalue weighted by Gasteiger charge is 2.00. The SMILES string of the molecule is CSc1ccc(N)cc1NCCO. The van der Waals surface area contributed by atoms with Gasteiger partial charge >= 0.3 is 0 Å². The lowest BCUT2D eigenvalue weighted by Gasteiger charge is -2.09. The molecular weight excluding hydrogens is 184 g/mol. The molecule has 0 radical (unpaired) electrons. The minimum absolute atomic E-state index is 0.128. The zero-order valence-electron chi connectivity index (χ0n) is 7.58. The maximum atomic E-state index is 8.66. The Hall–Kier alpha value is -0.870. The van der Waals surface area contributed by atoms with Gasteiger partial charge in [-0.3, -0.25) is 0 Å².